The summed E-state index contributed by atoms with van der Waals surface area (Å²) in [7, 11) is 1.92. The Morgan fingerprint density at radius 3 is 2.78 bits per heavy atom. The van der Waals surface area contributed by atoms with E-state index in [0.717, 1.165) is 10.2 Å². The van der Waals surface area contributed by atoms with E-state index in [1.54, 1.807) is 12.4 Å². The normalized spacial score (nSPS) is 18.6. The third kappa shape index (κ3) is 2.93. The Kier molecular flexibility index (Phi) is 4.09. The molecule has 1 aliphatic rings. The smallest absolute Gasteiger partial charge is 0.0865 e. The van der Waals surface area contributed by atoms with Gasteiger partial charge in [0.05, 0.1) is 27.6 Å². The van der Waals surface area contributed by atoms with Gasteiger partial charge in [0.25, 0.3) is 0 Å². The summed E-state index contributed by atoms with van der Waals surface area (Å²) in [6.07, 6.45) is 4.63. The van der Waals surface area contributed by atoms with E-state index in [4.69, 9.17) is 10.5 Å². The van der Waals surface area contributed by atoms with Crippen molar-refractivity contribution in [1.29, 1.82) is 0 Å². The van der Waals surface area contributed by atoms with Gasteiger partial charge < -0.3 is 20.5 Å². The largest absolute Gasteiger partial charge is 0.396 e. The summed E-state index contributed by atoms with van der Waals surface area (Å²) < 4.78 is 6.11. The van der Waals surface area contributed by atoms with E-state index in [1.807, 2.05) is 11.9 Å². The highest BCUT2D eigenvalue weighted by molar-refractivity contribution is 9.10. The van der Waals surface area contributed by atoms with Crippen LogP contribution in [-0.2, 0) is 4.74 Å². The molecule has 2 heterocycles. The monoisotopic (exact) mass is 315 g/mol. The summed E-state index contributed by atoms with van der Waals surface area (Å²) in [5.41, 5.74) is 6.69. The van der Waals surface area contributed by atoms with Gasteiger partial charge in [-0.15, -0.1) is 0 Å². The fraction of sp³-hybridized carbons (Fsp3) is 0.583. The number of ether oxygens (including phenoxy) is 1. The fourth-order valence-electron chi connectivity index (χ4n) is 2.28. The van der Waals surface area contributed by atoms with Crippen molar-refractivity contribution in [3.63, 3.8) is 0 Å². The second-order valence-corrected chi connectivity index (χ2v) is 5.61. The van der Waals surface area contributed by atoms with Crippen molar-refractivity contribution < 1.29 is 9.84 Å². The number of halogens is 1. The third-order valence-electron chi connectivity index (χ3n) is 3.24. The molecule has 6 heteroatoms. The Bertz CT molecular complexity index is 402. The lowest BCUT2D eigenvalue weighted by atomic mass is 9.94. The minimum absolute atomic E-state index is 0.531. The number of nitrogen functional groups attached to an aromatic ring is 1. The fourth-order valence-corrected chi connectivity index (χ4v) is 2.93. The molecule has 0 radical (unpaired) electrons. The van der Waals surface area contributed by atoms with Gasteiger partial charge in [-0.2, -0.15) is 0 Å². The molecule has 18 heavy (non-hydrogen) atoms. The molecule has 1 fully saturated rings. The van der Waals surface area contributed by atoms with Gasteiger partial charge in [0.15, 0.2) is 0 Å². The Morgan fingerprint density at radius 1 is 1.50 bits per heavy atom. The second-order valence-electron chi connectivity index (χ2n) is 4.75. The molecule has 1 aromatic heterocycles. The predicted octanol–water partition coefficient (Wildman–Crippen LogP) is 1.40. The zero-order chi connectivity index (χ0) is 13.2. The Balaban J connectivity index is 2.14. The second kappa shape index (κ2) is 5.42. The van der Waals surface area contributed by atoms with Crippen molar-refractivity contribution >= 4 is 27.3 Å². The van der Waals surface area contributed by atoms with Crippen molar-refractivity contribution in [1.82, 2.24) is 4.98 Å². The van der Waals surface area contributed by atoms with Crippen LogP contribution in [0.5, 0.6) is 0 Å². The van der Waals surface area contributed by atoms with Gasteiger partial charge in [-0.05, 0) is 15.9 Å². The molecule has 0 unspecified atom stereocenters. The van der Waals surface area contributed by atoms with E-state index in [2.05, 4.69) is 20.9 Å². The Morgan fingerprint density at radius 2 is 2.17 bits per heavy atom. The van der Waals surface area contributed by atoms with Gasteiger partial charge in [0.2, 0.25) is 0 Å². The molecule has 0 spiro atoms. The summed E-state index contributed by atoms with van der Waals surface area (Å²) in [6.45, 7) is 1.75. The molecule has 0 atom stereocenters. The minimum atomic E-state index is -0.706. The van der Waals surface area contributed by atoms with Crippen LogP contribution in [0.2, 0.25) is 0 Å². The number of likely N-dealkylation sites (N-methyl/N-ethyl adjacent to an activating group) is 1. The highest BCUT2D eigenvalue weighted by Crippen LogP contribution is 2.32. The van der Waals surface area contributed by atoms with E-state index < -0.39 is 5.60 Å². The Hall–Kier alpha value is -0.850. The number of pyridine rings is 1. The summed E-state index contributed by atoms with van der Waals surface area (Å²) in [4.78, 5) is 5.97. The SMILES string of the molecule is CN(CC1(O)CCOCC1)c1c(N)cncc1Br. The number of aliphatic hydroxyl groups is 1. The summed E-state index contributed by atoms with van der Waals surface area (Å²) >= 11 is 3.44. The van der Waals surface area contributed by atoms with Crippen LogP contribution in [0, 0.1) is 0 Å². The van der Waals surface area contributed by atoms with Crippen molar-refractivity contribution in [2.24, 2.45) is 0 Å². The van der Waals surface area contributed by atoms with E-state index in [1.165, 1.54) is 0 Å². The first kappa shape index (κ1) is 13.6. The highest BCUT2D eigenvalue weighted by Gasteiger charge is 2.31. The molecule has 3 N–H and O–H groups in total. The number of anilines is 2. The van der Waals surface area contributed by atoms with Gasteiger partial charge in [-0.25, -0.2) is 0 Å². The zero-order valence-electron chi connectivity index (χ0n) is 10.4. The number of hydrogen-bond acceptors (Lipinski definition) is 5. The van der Waals surface area contributed by atoms with Crippen LogP contribution < -0.4 is 10.6 Å². The average molecular weight is 316 g/mol. The minimum Gasteiger partial charge on any atom is -0.396 e. The average Bonchev–Trinajstić information content (AvgIpc) is 2.28. The number of rotatable bonds is 3. The van der Waals surface area contributed by atoms with Crippen LogP contribution >= 0.6 is 15.9 Å². The molecule has 0 saturated carbocycles. The lowest BCUT2D eigenvalue weighted by Gasteiger charge is -2.36. The van der Waals surface area contributed by atoms with Crippen LogP contribution in [-0.4, -0.2) is 42.5 Å². The van der Waals surface area contributed by atoms with Crippen LogP contribution in [0.1, 0.15) is 12.8 Å². The van der Waals surface area contributed by atoms with Gasteiger partial charge in [0.1, 0.15) is 0 Å². The molecule has 0 aromatic carbocycles. The van der Waals surface area contributed by atoms with E-state index in [9.17, 15) is 5.11 Å². The van der Waals surface area contributed by atoms with Crippen LogP contribution in [0.15, 0.2) is 16.9 Å². The molecule has 1 aliphatic heterocycles. The molecule has 5 nitrogen and oxygen atoms in total. The first-order chi connectivity index (χ1) is 8.52. The lowest BCUT2D eigenvalue weighted by molar-refractivity contribution is -0.0572. The third-order valence-corrected chi connectivity index (χ3v) is 3.82. The molecular weight excluding hydrogens is 298 g/mol. The number of hydrogen-bond donors (Lipinski definition) is 2. The zero-order valence-corrected chi connectivity index (χ0v) is 12.0. The summed E-state index contributed by atoms with van der Waals surface area (Å²) in [6, 6.07) is 0. The van der Waals surface area contributed by atoms with Crippen LogP contribution in [0.3, 0.4) is 0 Å². The van der Waals surface area contributed by atoms with Crippen molar-refractivity contribution in [3.05, 3.63) is 16.9 Å². The predicted molar refractivity (Wildman–Crippen MR) is 74.6 cm³/mol. The maximum Gasteiger partial charge on any atom is 0.0865 e. The number of nitrogens with zero attached hydrogens (tertiary/aromatic N) is 2. The number of nitrogens with two attached hydrogens (primary N) is 1. The molecule has 2 rings (SSSR count). The van der Waals surface area contributed by atoms with Crippen molar-refractivity contribution in [3.8, 4) is 0 Å². The van der Waals surface area contributed by atoms with E-state index in [-0.39, 0.29) is 0 Å². The van der Waals surface area contributed by atoms with Crippen LogP contribution in [0.4, 0.5) is 11.4 Å². The standard InChI is InChI=1S/C12H18BrN3O2/c1-16(8-12(17)2-4-18-5-3-12)11-9(13)6-15-7-10(11)14/h6-7,17H,2-5,8,14H2,1H3. The maximum atomic E-state index is 10.5. The van der Waals surface area contributed by atoms with Gasteiger partial charge in [-0.3, -0.25) is 4.98 Å². The lowest BCUT2D eigenvalue weighted by Crippen LogP contribution is -2.46. The first-order valence-corrected chi connectivity index (χ1v) is 6.71. The van der Waals surface area contributed by atoms with E-state index in [0.29, 0.717) is 38.3 Å². The first-order valence-electron chi connectivity index (χ1n) is 5.92. The molecule has 0 bridgehead atoms. The molecule has 0 aliphatic carbocycles. The van der Waals surface area contributed by atoms with Gasteiger partial charge >= 0.3 is 0 Å². The Labute approximate surface area is 115 Å². The van der Waals surface area contributed by atoms with Gasteiger partial charge in [-0.1, -0.05) is 0 Å². The highest BCUT2D eigenvalue weighted by atomic mass is 79.9. The summed E-state index contributed by atoms with van der Waals surface area (Å²) in [5.74, 6) is 0. The topological polar surface area (TPSA) is 71.6 Å². The molecule has 0 amide bonds. The quantitative estimate of drug-likeness (QED) is 0.882. The number of aromatic nitrogens is 1. The van der Waals surface area contributed by atoms with Crippen molar-refractivity contribution in [2.45, 2.75) is 18.4 Å². The van der Waals surface area contributed by atoms with Gasteiger partial charge in [0, 0.05) is 45.8 Å². The maximum absolute atomic E-state index is 10.5. The van der Waals surface area contributed by atoms with E-state index >= 15 is 0 Å². The summed E-state index contributed by atoms with van der Waals surface area (Å²) in [5, 5.41) is 10.5. The molecule has 1 saturated heterocycles. The molecule has 100 valence electrons. The molecule has 1 aromatic rings. The van der Waals surface area contributed by atoms with Crippen LogP contribution in [0.25, 0.3) is 0 Å². The van der Waals surface area contributed by atoms with Crippen molar-refractivity contribution in [2.75, 3.05) is 37.4 Å². The molecular formula is C12H18BrN3O2.